The van der Waals surface area contributed by atoms with E-state index in [0.29, 0.717) is 29.0 Å². The molecular formula is C59H78FN11O16. The van der Waals surface area contributed by atoms with Crippen LogP contribution in [0.1, 0.15) is 54.4 Å². The number of carbonyl (C=O) groups is 8. The topological polar surface area (TPSA) is 415 Å². The van der Waals surface area contributed by atoms with Gasteiger partial charge in [-0.3, -0.25) is 48.2 Å². The number of likely N-dealkylation sites (N-methyl/N-ethyl adjacent to an activating group) is 2. The number of phenolic OH excluding ortho intramolecular Hbond substituents is 2. The van der Waals surface area contributed by atoms with Crippen molar-refractivity contribution < 1.29 is 83.6 Å². The van der Waals surface area contributed by atoms with Crippen molar-refractivity contribution in [2.45, 2.75) is 68.2 Å². The fourth-order valence-corrected chi connectivity index (χ4v) is 13.9. The van der Waals surface area contributed by atoms with Crippen LogP contribution in [0.4, 0.5) is 27.1 Å². The van der Waals surface area contributed by atoms with Crippen LogP contribution in [0.2, 0.25) is 0 Å². The molecule has 7 aliphatic rings. The maximum Gasteiger partial charge on any atom is 0.255 e. The predicted molar refractivity (Wildman–Crippen MR) is 316 cm³/mol. The fourth-order valence-electron chi connectivity index (χ4n) is 13.9. The van der Waals surface area contributed by atoms with Crippen LogP contribution >= 0.6 is 0 Å². The Balaban J connectivity index is 0.000000227. The first-order valence-electron chi connectivity index (χ1n) is 28.6. The molecule has 9 rings (SSSR count). The molecule has 8 atom stereocenters. The minimum Gasteiger partial charge on any atom is -0.508 e. The number of piperidine rings is 1. The van der Waals surface area contributed by atoms with Gasteiger partial charge in [-0.25, -0.2) is 4.39 Å². The third-order valence-electron chi connectivity index (χ3n) is 17.8. The highest BCUT2D eigenvalue weighted by molar-refractivity contribution is 6.26. The highest BCUT2D eigenvalue weighted by atomic mass is 19.1. The normalized spacial score (nSPS) is 26.1. The Bertz CT molecular complexity index is 3370. The van der Waals surface area contributed by atoms with Crippen LogP contribution in [0.3, 0.4) is 0 Å². The average Bonchev–Trinajstić information content (AvgIpc) is 0.757. The molecule has 0 aromatic heterocycles. The molecule has 2 saturated carbocycles. The summed E-state index contributed by atoms with van der Waals surface area (Å²) in [5.41, 5.74) is 4.67. The zero-order chi connectivity index (χ0) is 64.2. The highest BCUT2D eigenvalue weighted by Crippen LogP contribution is 2.57. The summed E-state index contributed by atoms with van der Waals surface area (Å²) in [6, 6.07) is 0.753. The number of hydrogen-bond donors (Lipinski definition) is 14. The van der Waals surface area contributed by atoms with Crippen LogP contribution in [0.15, 0.2) is 45.9 Å². The van der Waals surface area contributed by atoms with Gasteiger partial charge >= 0.3 is 0 Å². The van der Waals surface area contributed by atoms with E-state index in [2.05, 4.69) is 26.2 Å². The third-order valence-corrected chi connectivity index (χ3v) is 17.8. The number of aromatic hydroxyl groups is 2. The largest absolute Gasteiger partial charge is 0.508 e. The van der Waals surface area contributed by atoms with E-state index in [0.717, 1.165) is 19.6 Å². The molecule has 4 amide bonds. The maximum atomic E-state index is 14.1. The Kier molecular flexibility index (Phi) is 18.7. The van der Waals surface area contributed by atoms with Crippen molar-refractivity contribution in [2.24, 2.45) is 35.1 Å². The molecule has 0 bridgehead atoms. The Hall–Kier alpha value is -7.99. The van der Waals surface area contributed by atoms with Crippen LogP contribution in [0.5, 0.6) is 11.5 Å². The molecule has 2 aromatic rings. The number of aliphatic hydroxyl groups excluding tert-OH is 4. The lowest BCUT2D eigenvalue weighted by Gasteiger charge is -2.50. The molecule has 472 valence electrons. The van der Waals surface area contributed by atoms with E-state index in [1.54, 1.807) is 58.2 Å². The van der Waals surface area contributed by atoms with E-state index in [1.807, 2.05) is 0 Å². The second-order valence-corrected chi connectivity index (χ2v) is 24.0. The highest BCUT2D eigenvalue weighted by Gasteiger charge is 2.66. The van der Waals surface area contributed by atoms with Gasteiger partial charge in [0.05, 0.1) is 47.7 Å². The van der Waals surface area contributed by atoms with E-state index < -0.39 is 146 Å². The summed E-state index contributed by atoms with van der Waals surface area (Å²) in [7, 11) is 13.1. The predicted octanol–water partition coefficient (Wildman–Crippen LogP) is -0.428. The van der Waals surface area contributed by atoms with Crippen molar-refractivity contribution in [3.63, 3.8) is 0 Å². The smallest absolute Gasteiger partial charge is 0.255 e. The second kappa shape index (κ2) is 25.0. The number of nitrogens with zero attached hydrogens (tertiary/aromatic N) is 5. The summed E-state index contributed by atoms with van der Waals surface area (Å²) in [5.74, 6) is -15.9. The summed E-state index contributed by atoms with van der Waals surface area (Å²) < 4.78 is 12.4. The van der Waals surface area contributed by atoms with Crippen LogP contribution in [0.25, 0.3) is 11.5 Å². The summed E-state index contributed by atoms with van der Waals surface area (Å²) in [5, 5.41) is 102. The van der Waals surface area contributed by atoms with Gasteiger partial charge in [0.25, 0.3) is 11.8 Å². The lowest BCUT2D eigenvalue weighted by atomic mass is 9.57. The molecule has 0 spiro atoms. The number of benzene rings is 2. The van der Waals surface area contributed by atoms with Crippen molar-refractivity contribution in [1.82, 2.24) is 25.3 Å². The number of primary amides is 2. The SMILES string of the molecule is CN(C)c1cc(NC(=O)CNCCF)c(O)c2c1CC1CC3[C@H](N(C)C)C(=O)C(C(N)=O)=C(O)C3(O)C(=O)C1=C2O.CN(C)c1cc(NC(=O)CNCCN2CCCCC2)c(O)c2c1CC1CC3C(N(C)C)C(=O)C(C(N)=O)=C(O)C3(O)C(=O)C1=C2O. The quantitative estimate of drug-likeness (QED) is 0.0543. The van der Waals surface area contributed by atoms with Crippen molar-refractivity contribution in [3.8, 4) is 11.5 Å². The van der Waals surface area contributed by atoms with Crippen LogP contribution in [-0.2, 0) is 51.2 Å². The van der Waals surface area contributed by atoms with Gasteiger partial charge in [-0.05, 0) is 115 Å². The number of anilines is 4. The van der Waals surface area contributed by atoms with Gasteiger partial charge in [0.1, 0.15) is 52.4 Å². The number of rotatable bonds is 17. The minimum atomic E-state index is -2.75. The molecule has 1 saturated heterocycles. The van der Waals surface area contributed by atoms with Crippen molar-refractivity contribution in [3.05, 3.63) is 68.2 Å². The fraction of sp³-hybridized carbons (Fsp3) is 0.525. The number of fused-ring (bicyclic) bond motifs is 6. The standard InChI is InChI=1S/C32H44N6O8.C27H34FN5O8/c1-36(2)20-14-19(35-21(39)15-34-8-11-38-9-6-5-7-10-38)26(40)23-17(20)12-16-13-18-25(37(3)4)28(42)24(31(33)45)30(44)32(18,46)29(43)22(16)27(23)41;1-32(2)15-9-14(31-16(34)10-30-6-5-28)21(35)18-12(15)7-11-8-13-20(33(3)4)23(37)19(26(29)40)25(39)27(13,41)24(38)17(11)22(18)36/h14,16,18,25,34,40-41,44,46H,5-13,15H2,1-4H3,(H2,33,45)(H,35,39);9,11,13,20,30,35-36,39,41H,5-8,10H2,1-4H3,(H2,29,40)(H,31,34)/t;11?,13?,20-,27?/m.0/s1. The minimum absolute atomic E-state index is 0.0106. The van der Waals surface area contributed by atoms with Crippen LogP contribution in [0, 0.1) is 23.7 Å². The van der Waals surface area contributed by atoms with E-state index >= 15 is 0 Å². The lowest BCUT2D eigenvalue weighted by Crippen LogP contribution is -2.65. The Morgan fingerprint density at radius 2 is 0.989 bits per heavy atom. The van der Waals surface area contributed by atoms with Gasteiger partial charge in [0.15, 0.2) is 22.8 Å². The number of nitrogens with one attached hydrogen (secondary N) is 4. The molecule has 1 heterocycles. The zero-order valence-electron chi connectivity index (χ0n) is 49.8. The number of Topliss-reactive ketones (excluding diaryl/α,β-unsaturated/α-hetero) is 4. The number of likely N-dealkylation sites (tertiary alicyclic amines) is 1. The molecule has 27 nitrogen and oxygen atoms in total. The molecule has 1 aliphatic heterocycles. The number of halogens is 1. The van der Waals surface area contributed by atoms with Gasteiger partial charge < -0.3 is 88.3 Å². The molecule has 16 N–H and O–H groups in total. The molecule has 2 aromatic carbocycles. The number of aliphatic hydroxyl groups is 6. The molecule has 3 fully saturated rings. The first-order valence-corrected chi connectivity index (χ1v) is 28.6. The number of ketones is 4. The maximum absolute atomic E-state index is 14.1. The summed E-state index contributed by atoms with van der Waals surface area (Å²) >= 11 is 0. The lowest BCUT2D eigenvalue weighted by molar-refractivity contribution is -0.155. The van der Waals surface area contributed by atoms with Crippen LogP contribution in [-0.4, -0.2) is 234 Å². The van der Waals surface area contributed by atoms with Gasteiger partial charge in [-0.1, -0.05) is 6.42 Å². The molecule has 6 aliphatic carbocycles. The Labute approximate surface area is 500 Å². The monoisotopic (exact) mass is 1220 g/mol. The Morgan fingerprint density at radius 3 is 1.33 bits per heavy atom. The summed E-state index contributed by atoms with van der Waals surface area (Å²) in [6.45, 7) is 2.53. The second-order valence-electron chi connectivity index (χ2n) is 24.0. The molecule has 28 heteroatoms. The average molecular weight is 1220 g/mol. The number of phenols is 2. The Morgan fingerprint density at radius 1 is 0.609 bits per heavy atom. The molecule has 87 heavy (non-hydrogen) atoms. The van der Waals surface area contributed by atoms with Crippen molar-refractivity contribution in [2.75, 3.05) is 129 Å². The summed E-state index contributed by atoms with van der Waals surface area (Å²) in [4.78, 5) is 113. The van der Waals surface area contributed by atoms with Crippen molar-refractivity contribution in [1.29, 1.82) is 0 Å². The number of nitrogens with two attached hydrogens (primary N) is 2. The number of alkyl halides is 1. The van der Waals surface area contributed by atoms with E-state index in [1.165, 1.54) is 49.2 Å². The van der Waals surface area contributed by atoms with Gasteiger partial charge in [-0.15, -0.1) is 0 Å². The van der Waals surface area contributed by atoms with E-state index in [4.69, 9.17) is 11.5 Å². The molecular weight excluding hydrogens is 1140 g/mol. The molecule has 0 radical (unpaired) electrons. The number of hydrogen-bond acceptors (Lipinski definition) is 23. The summed E-state index contributed by atoms with van der Waals surface area (Å²) in [6.07, 6.45) is 3.76. The van der Waals surface area contributed by atoms with Crippen LogP contribution < -0.4 is 42.5 Å². The number of amides is 4. The van der Waals surface area contributed by atoms with Crippen molar-refractivity contribution >= 4 is 81.0 Å². The van der Waals surface area contributed by atoms with E-state index in [-0.39, 0.29) is 79.0 Å². The number of carbonyl (C=O) groups excluding carboxylic acids is 8. The zero-order valence-corrected chi connectivity index (χ0v) is 49.8. The van der Waals surface area contributed by atoms with Gasteiger partial charge in [0, 0.05) is 82.2 Å². The van der Waals surface area contributed by atoms with Gasteiger partial charge in [-0.2, -0.15) is 0 Å². The first-order chi connectivity index (χ1) is 40.9. The first kappa shape index (κ1) is 65.0. The van der Waals surface area contributed by atoms with Gasteiger partial charge in [0.2, 0.25) is 23.4 Å². The molecule has 7 unspecified atom stereocenters. The third kappa shape index (κ3) is 11.3. The van der Waals surface area contributed by atoms with E-state index in [9.17, 15) is 83.6 Å².